The molecular formula is C33H31N3O5. The molecule has 3 heterocycles. The molecule has 0 atom stereocenters. The van der Waals surface area contributed by atoms with Gasteiger partial charge in [-0.3, -0.25) is 19.4 Å². The molecule has 8 nitrogen and oxygen atoms in total. The van der Waals surface area contributed by atoms with Crippen molar-refractivity contribution in [3.05, 3.63) is 113 Å². The average Bonchev–Trinajstić information content (AvgIpc) is 3.00. The molecule has 4 aromatic rings. The van der Waals surface area contributed by atoms with Gasteiger partial charge in [0.2, 0.25) is 5.88 Å². The SMILES string of the molecule is CC(=O)c1ccc(Oc2ccc(CC(=O)c3ccc(C(=O)N4CCC(Oc5ccc(C)cc5)CC4)cn3)cn2)cc1. The van der Waals surface area contributed by atoms with Crippen LogP contribution in [0.3, 0.4) is 0 Å². The average molecular weight is 550 g/mol. The van der Waals surface area contributed by atoms with E-state index in [4.69, 9.17) is 9.47 Å². The summed E-state index contributed by atoms with van der Waals surface area (Å²) in [5.74, 6) is 1.50. The summed E-state index contributed by atoms with van der Waals surface area (Å²) in [5.41, 5.74) is 3.25. The van der Waals surface area contributed by atoms with Gasteiger partial charge in [-0.05, 0) is 67.9 Å². The maximum absolute atomic E-state index is 13.0. The summed E-state index contributed by atoms with van der Waals surface area (Å²) in [7, 11) is 0. The standard InChI is InChI=1S/C33H31N3O5/c1-22-3-9-27(10-4-22)40-29-15-17-36(18-16-29)33(39)26-8-13-30(34-21-26)31(38)19-24-5-14-32(35-20-24)41-28-11-6-25(7-12-28)23(2)37/h3-14,20-21,29H,15-19H2,1-2H3. The Kier molecular flexibility index (Phi) is 8.48. The quantitative estimate of drug-likeness (QED) is 0.240. The molecule has 2 aromatic carbocycles. The highest BCUT2D eigenvalue weighted by molar-refractivity contribution is 5.98. The van der Waals surface area contributed by atoms with Crippen LogP contribution in [0.25, 0.3) is 0 Å². The second-order valence-electron chi connectivity index (χ2n) is 10.1. The molecular weight excluding hydrogens is 518 g/mol. The molecule has 0 saturated carbocycles. The molecule has 1 aliphatic rings. The number of carbonyl (C=O) groups excluding carboxylic acids is 3. The van der Waals surface area contributed by atoms with Gasteiger partial charge in [0.1, 0.15) is 23.3 Å². The Morgan fingerprint density at radius 3 is 2.10 bits per heavy atom. The lowest BCUT2D eigenvalue weighted by Crippen LogP contribution is -2.41. The van der Waals surface area contributed by atoms with Crippen LogP contribution < -0.4 is 9.47 Å². The minimum absolute atomic E-state index is 0.0140. The van der Waals surface area contributed by atoms with Crippen LogP contribution in [0.4, 0.5) is 0 Å². The van der Waals surface area contributed by atoms with Gasteiger partial charge in [-0.15, -0.1) is 0 Å². The van der Waals surface area contributed by atoms with Gasteiger partial charge in [-0.1, -0.05) is 23.8 Å². The number of amides is 1. The van der Waals surface area contributed by atoms with Gasteiger partial charge in [0.25, 0.3) is 5.91 Å². The van der Waals surface area contributed by atoms with Crippen LogP contribution in [-0.4, -0.2) is 51.5 Å². The van der Waals surface area contributed by atoms with Gasteiger partial charge in [0.05, 0.1) is 5.56 Å². The Labute approximate surface area is 239 Å². The third-order valence-corrected chi connectivity index (χ3v) is 6.99. The molecule has 0 aliphatic carbocycles. The number of hydrogen-bond donors (Lipinski definition) is 0. The lowest BCUT2D eigenvalue weighted by Gasteiger charge is -2.32. The van der Waals surface area contributed by atoms with Crippen molar-refractivity contribution in [3.63, 3.8) is 0 Å². The fourth-order valence-electron chi connectivity index (χ4n) is 4.58. The Bertz CT molecular complexity index is 1510. The minimum atomic E-state index is -0.173. The molecule has 5 rings (SSSR count). The van der Waals surface area contributed by atoms with E-state index in [1.54, 1.807) is 59.6 Å². The molecule has 1 amide bonds. The summed E-state index contributed by atoms with van der Waals surface area (Å²) in [4.78, 5) is 47.6. The summed E-state index contributed by atoms with van der Waals surface area (Å²) in [6.45, 7) is 4.76. The van der Waals surface area contributed by atoms with Crippen molar-refractivity contribution in [1.82, 2.24) is 14.9 Å². The van der Waals surface area contributed by atoms with Crippen LogP contribution in [0.15, 0.2) is 85.2 Å². The number of likely N-dealkylation sites (tertiary alicyclic amines) is 1. The first-order valence-electron chi connectivity index (χ1n) is 13.6. The summed E-state index contributed by atoms with van der Waals surface area (Å²) < 4.78 is 11.8. The number of ether oxygens (including phenoxy) is 2. The van der Waals surface area contributed by atoms with E-state index in [2.05, 4.69) is 9.97 Å². The largest absolute Gasteiger partial charge is 0.490 e. The summed E-state index contributed by atoms with van der Waals surface area (Å²) in [5, 5.41) is 0. The van der Waals surface area contributed by atoms with Gasteiger partial charge in [-0.25, -0.2) is 4.98 Å². The van der Waals surface area contributed by atoms with Crippen molar-refractivity contribution in [2.75, 3.05) is 13.1 Å². The Morgan fingerprint density at radius 2 is 1.49 bits per heavy atom. The van der Waals surface area contributed by atoms with Crippen molar-refractivity contribution in [2.24, 2.45) is 0 Å². The van der Waals surface area contributed by atoms with Crippen molar-refractivity contribution < 1.29 is 23.9 Å². The monoisotopic (exact) mass is 549 g/mol. The molecule has 8 heteroatoms. The number of Topliss-reactive ketones (excluding diaryl/α,β-unsaturated/α-hetero) is 2. The van der Waals surface area contributed by atoms with Crippen LogP contribution in [0.2, 0.25) is 0 Å². The molecule has 0 N–H and O–H groups in total. The van der Waals surface area contributed by atoms with Crippen LogP contribution in [0.1, 0.15) is 62.1 Å². The number of piperidine rings is 1. The molecule has 41 heavy (non-hydrogen) atoms. The second kappa shape index (κ2) is 12.6. The first-order chi connectivity index (χ1) is 19.8. The van der Waals surface area contributed by atoms with E-state index in [-0.39, 0.29) is 35.7 Å². The van der Waals surface area contributed by atoms with Crippen LogP contribution in [0, 0.1) is 6.92 Å². The molecule has 1 aliphatic heterocycles. The number of aromatic nitrogens is 2. The first-order valence-corrected chi connectivity index (χ1v) is 13.6. The molecule has 2 aromatic heterocycles. The van der Waals surface area contributed by atoms with Crippen LogP contribution in [0.5, 0.6) is 17.4 Å². The molecule has 0 bridgehead atoms. The van der Waals surface area contributed by atoms with Crippen molar-refractivity contribution in [3.8, 4) is 17.4 Å². The smallest absolute Gasteiger partial charge is 0.255 e. The first kappa shape index (κ1) is 27.7. The maximum Gasteiger partial charge on any atom is 0.255 e. The number of ketones is 2. The van der Waals surface area contributed by atoms with E-state index in [0.29, 0.717) is 41.4 Å². The summed E-state index contributed by atoms with van der Waals surface area (Å²) in [6, 6.07) is 21.5. The molecule has 0 radical (unpaired) electrons. The highest BCUT2D eigenvalue weighted by atomic mass is 16.5. The van der Waals surface area contributed by atoms with E-state index < -0.39 is 0 Å². The van der Waals surface area contributed by atoms with Gasteiger partial charge >= 0.3 is 0 Å². The number of carbonyl (C=O) groups is 3. The van der Waals surface area contributed by atoms with Gasteiger partial charge in [0, 0.05) is 56.4 Å². The van der Waals surface area contributed by atoms with Gasteiger partial charge < -0.3 is 14.4 Å². The number of rotatable bonds is 9. The second-order valence-corrected chi connectivity index (χ2v) is 10.1. The van der Waals surface area contributed by atoms with E-state index in [9.17, 15) is 14.4 Å². The maximum atomic E-state index is 13.0. The van der Waals surface area contributed by atoms with Crippen molar-refractivity contribution in [1.29, 1.82) is 0 Å². The van der Waals surface area contributed by atoms with Crippen molar-refractivity contribution in [2.45, 2.75) is 39.2 Å². The third kappa shape index (κ3) is 7.22. The van der Waals surface area contributed by atoms with E-state index >= 15 is 0 Å². The minimum Gasteiger partial charge on any atom is -0.490 e. The number of nitrogens with zero attached hydrogens (tertiary/aromatic N) is 3. The molecule has 0 spiro atoms. The number of aryl methyl sites for hydroxylation is 1. The zero-order valence-electron chi connectivity index (χ0n) is 23.1. The number of hydrogen-bond acceptors (Lipinski definition) is 7. The van der Waals surface area contributed by atoms with Crippen molar-refractivity contribution >= 4 is 17.5 Å². The normalized spacial score (nSPS) is 13.5. The van der Waals surface area contributed by atoms with Crippen LogP contribution >= 0.6 is 0 Å². The van der Waals surface area contributed by atoms with E-state index in [1.165, 1.54) is 18.7 Å². The Balaban J connectivity index is 1.11. The third-order valence-electron chi connectivity index (χ3n) is 6.99. The lowest BCUT2D eigenvalue weighted by atomic mass is 10.1. The molecule has 1 fully saturated rings. The summed E-state index contributed by atoms with van der Waals surface area (Å²) >= 11 is 0. The van der Waals surface area contributed by atoms with Crippen LogP contribution in [-0.2, 0) is 6.42 Å². The zero-order chi connectivity index (χ0) is 28.8. The fourth-order valence-corrected chi connectivity index (χ4v) is 4.58. The fraction of sp³-hybridized carbons (Fsp3) is 0.242. The lowest BCUT2D eigenvalue weighted by molar-refractivity contribution is 0.0594. The molecule has 1 saturated heterocycles. The summed E-state index contributed by atoms with van der Waals surface area (Å²) in [6.07, 6.45) is 4.77. The Morgan fingerprint density at radius 1 is 0.805 bits per heavy atom. The van der Waals surface area contributed by atoms with E-state index in [1.807, 2.05) is 31.2 Å². The predicted octanol–water partition coefficient (Wildman–Crippen LogP) is 5.89. The van der Waals surface area contributed by atoms with Gasteiger partial charge in [-0.2, -0.15) is 0 Å². The van der Waals surface area contributed by atoms with E-state index in [0.717, 1.165) is 18.6 Å². The number of benzene rings is 2. The number of pyridine rings is 2. The highest BCUT2D eigenvalue weighted by Gasteiger charge is 2.25. The highest BCUT2D eigenvalue weighted by Crippen LogP contribution is 2.22. The zero-order valence-corrected chi connectivity index (χ0v) is 23.1. The molecule has 0 unspecified atom stereocenters. The Hall–Kier alpha value is -4.85. The van der Waals surface area contributed by atoms with Gasteiger partial charge in [0.15, 0.2) is 11.6 Å². The molecule has 208 valence electrons. The topological polar surface area (TPSA) is 98.7 Å². The predicted molar refractivity (Wildman–Crippen MR) is 154 cm³/mol.